The molecule has 1 atom stereocenters. The third-order valence-electron chi connectivity index (χ3n) is 4.86. The van der Waals surface area contributed by atoms with Gasteiger partial charge in [0, 0.05) is 24.9 Å². The van der Waals surface area contributed by atoms with Gasteiger partial charge in [0.05, 0.1) is 20.3 Å². The minimum atomic E-state index is -0.141. The molecule has 0 saturated heterocycles. The first kappa shape index (κ1) is 22.4. The molecular weight excluding hydrogens is 368 g/mol. The first-order chi connectivity index (χ1) is 13.8. The van der Waals surface area contributed by atoms with Gasteiger partial charge in [0.25, 0.3) is 0 Å². The van der Waals surface area contributed by atoms with Crippen molar-refractivity contribution in [1.82, 2.24) is 10.2 Å². The van der Waals surface area contributed by atoms with Crippen LogP contribution in [-0.4, -0.2) is 51.5 Å². The zero-order valence-corrected chi connectivity index (χ0v) is 17.8. The number of benzene rings is 2. The van der Waals surface area contributed by atoms with Crippen LogP contribution in [0, 0.1) is 6.92 Å². The summed E-state index contributed by atoms with van der Waals surface area (Å²) < 4.78 is 10.7. The lowest BCUT2D eigenvalue weighted by atomic mass is 10.0. The maximum Gasteiger partial charge on any atom is 0.220 e. The Morgan fingerprint density at radius 1 is 0.966 bits per heavy atom. The van der Waals surface area contributed by atoms with E-state index in [1.54, 1.807) is 26.4 Å². The molecule has 0 aromatic heterocycles. The van der Waals surface area contributed by atoms with Gasteiger partial charge in [-0.25, -0.2) is 0 Å². The zero-order valence-electron chi connectivity index (χ0n) is 17.8. The topological polar surface area (TPSA) is 67.9 Å². The molecule has 1 amide bonds. The van der Waals surface area contributed by atoms with Gasteiger partial charge in [-0.1, -0.05) is 35.9 Å². The molecule has 2 aromatic rings. The van der Waals surface area contributed by atoms with Crippen LogP contribution in [0.4, 0.5) is 0 Å². The molecule has 1 unspecified atom stereocenters. The maximum absolute atomic E-state index is 12.3. The second-order valence-electron chi connectivity index (χ2n) is 7.19. The lowest BCUT2D eigenvalue weighted by Crippen LogP contribution is -2.34. The average Bonchev–Trinajstić information content (AvgIpc) is 2.72. The highest BCUT2D eigenvalue weighted by Gasteiger charge is 2.18. The number of hydrogen-bond acceptors (Lipinski definition) is 5. The molecule has 6 nitrogen and oxygen atoms in total. The summed E-state index contributed by atoms with van der Waals surface area (Å²) in [7, 11) is 7.10. The van der Waals surface area contributed by atoms with Crippen LogP contribution in [0.15, 0.2) is 42.5 Å². The second-order valence-corrected chi connectivity index (χ2v) is 7.19. The first-order valence-corrected chi connectivity index (χ1v) is 9.60. The van der Waals surface area contributed by atoms with Crippen LogP contribution in [0.5, 0.6) is 11.5 Å². The van der Waals surface area contributed by atoms with Crippen LogP contribution in [0.25, 0.3) is 0 Å². The van der Waals surface area contributed by atoms with Gasteiger partial charge >= 0.3 is 0 Å². The lowest BCUT2D eigenvalue weighted by molar-refractivity contribution is -0.121. The molecule has 0 saturated carbocycles. The lowest BCUT2D eigenvalue weighted by Gasteiger charge is -2.26. The fourth-order valence-electron chi connectivity index (χ4n) is 3.07. The molecule has 2 aromatic carbocycles. The van der Waals surface area contributed by atoms with Crippen molar-refractivity contribution in [3.63, 3.8) is 0 Å². The van der Waals surface area contributed by atoms with E-state index in [9.17, 15) is 9.59 Å². The molecule has 6 heteroatoms. The number of aryl methyl sites for hydroxylation is 1. The van der Waals surface area contributed by atoms with E-state index < -0.39 is 0 Å². The summed E-state index contributed by atoms with van der Waals surface area (Å²) in [5.41, 5.74) is 2.74. The molecule has 1 N–H and O–H groups in total. The van der Waals surface area contributed by atoms with E-state index in [4.69, 9.17) is 9.47 Å². The van der Waals surface area contributed by atoms with Crippen LogP contribution in [0.1, 0.15) is 40.4 Å². The summed E-state index contributed by atoms with van der Waals surface area (Å²) in [4.78, 5) is 26.6. The van der Waals surface area contributed by atoms with Crippen molar-refractivity contribution in [2.45, 2.75) is 25.8 Å². The van der Waals surface area contributed by atoms with Gasteiger partial charge in [-0.15, -0.1) is 0 Å². The Labute approximate surface area is 172 Å². The minimum absolute atomic E-state index is 0.0239. The highest BCUT2D eigenvalue weighted by molar-refractivity contribution is 5.97. The van der Waals surface area contributed by atoms with Crippen molar-refractivity contribution >= 4 is 11.7 Å². The summed E-state index contributed by atoms with van der Waals surface area (Å²) >= 11 is 0. The highest BCUT2D eigenvalue weighted by atomic mass is 16.5. The number of methoxy groups -OCH3 is 2. The Morgan fingerprint density at radius 2 is 1.62 bits per heavy atom. The molecule has 0 fully saturated rings. The predicted molar refractivity (Wildman–Crippen MR) is 114 cm³/mol. The Balaban J connectivity index is 1.93. The van der Waals surface area contributed by atoms with Crippen LogP contribution >= 0.6 is 0 Å². The van der Waals surface area contributed by atoms with Crippen molar-refractivity contribution in [2.24, 2.45) is 0 Å². The van der Waals surface area contributed by atoms with Crippen LogP contribution in [-0.2, 0) is 4.79 Å². The van der Waals surface area contributed by atoms with E-state index in [2.05, 4.69) is 5.32 Å². The van der Waals surface area contributed by atoms with Crippen molar-refractivity contribution in [3.8, 4) is 11.5 Å². The Hall–Kier alpha value is -2.86. The van der Waals surface area contributed by atoms with E-state index in [0.717, 1.165) is 11.1 Å². The van der Waals surface area contributed by atoms with Gasteiger partial charge in [0.15, 0.2) is 17.3 Å². The molecule has 0 spiro atoms. The normalized spacial score (nSPS) is 11.8. The van der Waals surface area contributed by atoms with Crippen molar-refractivity contribution in [2.75, 3.05) is 34.9 Å². The average molecular weight is 399 g/mol. The third kappa shape index (κ3) is 6.32. The maximum atomic E-state index is 12.3. The van der Waals surface area contributed by atoms with Crippen molar-refractivity contribution in [3.05, 3.63) is 59.2 Å². The summed E-state index contributed by atoms with van der Waals surface area (Å²) in [5, 5.41) is 2.94. The number of Topliss-reactive ketones (excluding diaryl/α,β-unsaturated/α-hetero) is 1. The van der Waals surface area contributed by atoms with Crippen molar-refractivity contribution < 1.29 is 19.1 Å². The molecular formula is C23H30N2O4. The van der Waals surface area contributed by atoms with E-state index in [1.807, 2.05) is 56.3 Å². The van der Waals surface area contributed by atoms with E-state index in [0.29, 0.717) is 23.6 Å². The molecule has 0 bridgehead atoms. The first-order valence-electron chi connectivity index (χ1n) is 9.60. The number of ether oxygens (including phenoxy) is 2. The fraction of sp³-hybridized carbons (Fsp3) is 0.391. The summed E-state index contributed by atoms with van der Waals surface area (Å²) in [6.07, 6.45) is 0.358. The molecule has 0 aliphatic heterocycles. The number of nitrogens with zero attached hydrogens (tertiary/aromatic N) is 1. The monoisotopic (exact) mass is 398 g/mol. The van der Waals surface area contributed by atoms with E-state index in [-0.39, 0.29) is 30.6 Å². The zero-order chi connectivity index (χ0) is 21.4. The van der Waals surface area contributed by atoms with Gasteiger partial charge in [-0.2, -0.15) is 0 Å². The molecule has 29 heavy (non-hydrogen) atoms. The van der Waals surface area contributed by atoms with Crippen LogP contribution in [0.2, 0.25) is 0 Å². The Morgan fingerprint density at radius 3 is 2.21 bits per heavy atom. The molecule has 156 valence electrons. The standard InChI is InChI=1S/C23H30N2O4/c1-16-6-8-17(9-7-16)20(26)11-13-23(27)24-15-19(25(2)3)18-10-12-21(28-4)22(14-18)29-5/h6-10,12,14,19H,11,13,15H2,1-5H3,(H,24,27). The molecule has 0 aliphatic carbocycles. The highest BCUT2D eigenvalue weighted by Crippen LogP contribution is 2.31. The SMILES string of the molecule is COc1ccc(C(CNC(=O)CCC(=O)c2ccc(C)cc2)N(C)C)cc1OC. The van der Waals surface area contributed by atoms with Crippen LogP contribution in [0.3, 0.4) is 0 Å². The third-order valence-corrected chi connectivity index (χ3v) is 4.86. The van der Waals surface area contributed by atoms with Crippen LogP contribution < -0.4 is 14.8 Å². The number of amides is 1. The largest absolute Gasteiger partial charge is 0.493 e. The number of carbonyl (C=O) groups excluding carboxylic acids is 2. The van der Waals surface area contributed by atoms with Gasteiger partial charge in [0.2, 0.25) is 5.91 Å². The quantitative estimate of drug-likeness (QED) is 0.622. The summed E-state index contributed by atoms with van der Waals surface area (Å²) in [6.45, 7) is 2.40. The number of nitrogens with one attached hydrogen (secondary N) is 1. The summed E-state index contributed by atoms with van der Waals surface area (Å²) in [5.74, 6) is 1.14. The van der Waals surface area contributed by atoms with Gasteiger partial charge in [-0.3, -0.25) is 9.59 Å². The second kappa shape index (κ2) is 10.6. The minimum Gasteiger partial charge on any atom is -0.493 e. The number of hydrogen-bond donors (Lipinski definition) is 1. The smallest absolute Gasteiger partial charge is 0.220 e. The Kier molecular flexibility index (Phi) is 8.21. The van der Waals surface area contributed by atoms with E-state index in [1.165, 1.54) is 0 Å². The number of carbonyl (C=O) groups is 2. The summed E-state index contributed by atoms with van der Waals surface area (Å²) in [6, 6.07) is 13.1. The molecule has 0 aliphatic rings. The van der Waals surface area contributed by atoms with E-state index >= 15 is 0 Å². The number of likely N-dealkylation sites (N-methyl/N-ethyl adjacent to an activating group) is 1. The van der Waals surface area contributed by atoms with Gasteiger partial charge < -0.3 is 19.7 Å². The van der Waals surface area contributed by atoms with Gasteiger partial charge in [0.1, 0.15) is 0 Å². The van der Waals surface area contributed by atoms with Gasteiger partial charge in [-0.05, 0) is 38.7 Å². The Bertz CT molecular complexity index is 831. The predicted octanol–water partition coefficient (Wildman–Crippen LogP) is 3.39. The molecule has 2 rings (SSSR count). The van der Waals surface area contributed by atoms with Crippen molar-refractivity contribution in [1.29, 1.82) is 0 Å². The number of ketones is 1. The number of rotatable bonds is 10. The fourth-order valence-corrected chi connectivity index (χ4v) is 3.07. The molecule has 0 heterocycles. The molecule has 0 radical (unpaired) electrons.